The molecule has 0 atom stereocenters. The highest BCUT2D eigenvalue weighted by molar-refractivity contribution is 6.41. The third kappa shape index (κ3) is 6.34. The van der Waals surface area contributed by atoms with Gasteiger partial charge in [0, 0.05) is 11.6 Å². The predicted octanol–water partition coefficient (Wildman–Crippen LogP) is 3.59. The summed E-state index contributed by atoms with van der Waals surface area (Å²) in [5.74, 6) is -0.475. The van der Waals surface area contributed by atoms with Crippen LogP contribution in [-0.2, 0) is 11.3 Å². The Kier molecular flexibility index (Phi) is 7.18. The lowest BCUT2D eigenvalue weighted by Crippen LogP contribution is -2.43. The molecule has 0 aromatic heterocycles. The van der Waals surface area contributed by atoms with Gasteiger partial charge in [-0.25, -0.2) is 4.79 Å². The summed E-state index contributed by atoms with van der Waals surface area (Å²) in [7, 11) is 0. The Morgan fingerprint density at radius 2 is 1.56 bits per heavy atom. The van der Waals surface area contributed by atoms with Gasteiger partial charge in [0.2, 0.25) is 0 Å². The van der Waals surface area contributed by atoms with Crippen LogP contribution in [0.2, 0.25) is 15.1 Å². The number of hydrogen-bond donors (Lipinski definition) is 4. The average Bonchev–Trinajstić information content (AvgIpc) is 2.58. The minimum Gasteiger partial charge on any atom is -0.334 e. The van der Waals surface area contributed by atoms with Crippen LogP contribution < -0.4 is 21.5 Å². The first-order chi connectivity index (χ1) is 12.0. The fourth-order valence-corrected chi connectivity index (χ4v) is 2.75. The Balaban J connectivity index is 1.73. The molecule has 0 unspecified atom stereocenters. The van der Waals surface area contributed by atoms with Crippen molar-refractivity contribution in [3.63, 3.8) is 0 Å². The minimum atomic E-state index is -0.475. The van der Waals surface area contributed by atoms with Crippen LogP contribution in [0.4, 0.5) is 10.5 Å². The predicted molar refractivity (Wildman–Crippen MR) is 99.9 cm³/mol. The molecule has 2 aromatic carbocycles. The zero-order valence-corrected chi connectivity index (χ0v) is 15.2. The molecular weight excluding hydrogens is 387 g/mol. The summed E-state index contributed by atoms with van der Waals surface area (Å²) >= 11 is 17.8. The molecule has 2 rings (SSSR count). The van der Waals surface area contributed by atoms with Crippen molar-refractivity contribution in [1.29, 1.82) is 0 Å². The third-order valence-electron chi connectivity index (χ3n) is 3.04. The van der Waals surface area contributed by atoms with E-state index in [-0.39, 0.29) is 16.6 Å². The molecule has 0 spiro atoms. The highest BCUT2D eigenvalue weighted by atomic mass is 35.5. The minimum absolute atomic E-state index is 0.226. The topological polar surface area (TPSA) is 82.3 Å². The number of urea groups is 1. The standard InChI is InChI=1S/C16H15Cl3N4O2/c17-11-6-12(18)15(13(19)7-11)23-22-14(24)9-21-16(25)20-8-10-4-2-1-3-5-10/h1-7,23H,8-9H2,(H,22,24)(H2,20,21,25). The molecule has 0 bridgehead atoms. The summed E-state index contributed by atoms with van der Waals surface area (Å²) in [6.45, 7) is 0.138. The number of carbonyl (C=O) groups is 2. The summed E-state index contributed by atoms with van der Waals surface area (Å²) in [4.78, 5) is 23.4. The molecule has 6 nitrogen and oxygen atoms in total. The van der Waals surface area contributed by atoms with Gasteiger partial charge in [-0.2, -0.15) is 0 Å². The van der Waals surface area contributed by atoms with Crippen molar-refractivity contribution >= 4 is 52.4 Å². The fraction of sp³-hybridized carbons (Fsp3) is 0.125. The molecule has 0 saturated heterocycles. The number of halogens is 3. The number of carbonyl (C=O) groups excluding carboxylic acids is 2. The Hall–Kier alpha value is -2.15. The van der Waals surface area contributed by atoms with Gasteiger partial charge < -0.3 is 10.6 Å². The molecule has 4 N–H and O–H groups in total. The lowest BCUT2D eigenvalue weighted by Gasteiger charge is -2.12. The molecule has 0 radical (unpaired) electrons. The summed E-state index contributed by atoms with van der Waals surface area (Å²) in [5.41, 5.74) is 6.25. The quantitative estimate of drug-likeness (QED) is 0.558. The van der Waals surface area contributed by atoms with Gasteiger partial charge >= 0.3 is 6.03 Å². The second-order valence-electron chi connectivity index (χ2n) is 4.94. The van der Waals surface area contributed by atoms with Gasteiger partial charge in [-0.15, -0.1) is 0 Å². The first kappa shape index (κ1) is 19.2. The number of nitrogens with one attached hydrogen (secondary N) is 4. The maximum absolute atomic E-state index is 11.8. The van der Waals surface area contributed by atoms with Gasteiger partial charge in [0.25, 0.3) is 5.91 Å². The second kappa shape index (κ2) is 9.36. The van der Waals surface area contributed by atoms with Crippen molar-refractivity contribution in [2.45, 2.75) is 6.54 Å². The van der Waals surface area contributed by atoms with Gasteiger partial charge in [-0.05, 0) is 17.7 Å². The van der Waals surface area contributed by atoms with Crippen molar-refractivity contribution in [2.24, 2.45) is 0 Å². The van der Waals surface area contributed by atoms with E-state index in [1.54, 1.807) is 0 Å². The van der Waals surface area contributed by atoms with Crippen molar-refractivity contribution in [2.75, 3.05) is 12.0 Å². The normalized spacial score (nSPS) is 10.0. The zero-order chi connectivity index (χ0) is 18.2. The first-order valence-corrected chi connectivity index (χ1v) is 8.34. The largest absolute Gasteiger partial charge is 0.334 e. The van der Waals surface area contributed by atoms with Crippen LogP contribution in [0, 0.1) is 0 Å². The van der Waals surface area contributed by atoms with Crippen LogP contribution in [-0.4, -0.2) is 18.5 Å². The van der Waals surface area contributed by atoms with Crippen molar-refractivity contribution in [3.05, 3.63) is 63.1 Å². The molecule has 0 fully saturated rings. The molecule has 132 valence electrons. The molecule has 25 heavy (non-hydrogen) atoms. The van der Waals surface area contributed by atoms with Gasteiger partial charge in [0.05, 0.1) is 15.7 Å². The van der Waals surface area contributed by atoms with Crippen LogP contribution in [0.1, 0.15) is 5.56 Å². The van der Waals surface area contributed by atoms with E-state index in [9.17, 15) is 9.59 Å². The number of rotatable bonds is 6. The molecule has 0 aliphatic carbocycles. The molecule has 0 aliphatic heterocycles. The smallest absolute Gasteiger partial charge is 0.315 e. The Bertz CT molecular complexity index is 733. The van der Waals surface area contributed by atoms with Crippen molar-refractivity contribution < 1.29 is 9.59 Å². The number of amides is 3. The fourth-order valence-electron chi connectivity index (χ4n) is 1.84. The summed E-state index contributed by atoms with van der Waals surface area (Å²) in [6, 6.07) is 11.9. The summed E-state index contributed by atoms with van der Waals surface area (Å²) in [6.07, 6.45) is 0. The summed E-state index contributed by atoms with van der Waals surface area (Å²) in [5, 5.41) is 5.97. The van der Waals surface area contributed by atoms with E-state index in [0.29, 0.717) is 17.3 Å². The van der Waals surface area contributed by atoms with Crippen LogP contribution in [0.3, 0.4) is 0 Å². The SMILES string of the molecule is O=C(CNC(=O)NCc1ccccc1)NNc1c(Cl)cc(Cl)cc1Cl. The van der Waals surface area contributed by atoms with Gasteiger partial charge in [-0.3, -0.25) is 15.6 Å². The number of hydrogen-bond acceptors (Lipinski definition) is 3. The van der Waals surface area contributed by atoms with E-state index < -0.39 is 11.9 Å². The third-order valence-corrected chi connectivity index (χ3v) is 3.85. The van der Waals surface area contributed by atoms with Crippen LogP contribution in [0.15, 0.2) is 42.5 Å². The van der Waals surface area contributed by atoms with Crippen molar-refractivity contribution in [3.8, 4) is 0 Å². The Labute approximate surface area is 159 Å². The number of benzene rings is 2. The maximum atomic E-state index is 11.8. The van der Waals surface area contributed by atoms with Crippen LogP contribution in [0.25, 0.3) is 0 Å². The lowest BCUT2D eigenvalue weighted by atomic mass is 10.2. The monoisotopic (exact) mass is 400 g/mol. The molecule has 3 amide bonds. The highest BCUT2D eigenvalue weighted by Gasteiger charge is 2.10. The van der Waals surface area contributed by atoms with E-state index in [0.717, 1.165) is 5.56 Å². The van der Waals surface area contributed by atoms with Gasteiger partial charge in [-0.1, -0.05) is 65.1 Å². The van der Waals surface area contributed by atoms with Gasteiger partial charge in [0.1, 0.15) is 6.54 Å². The highest BCUT2D eigenvalue weighted by Crippen LogP contribution is 2.32. The molecule has 9 heteroatoms. The molecule has 0 heterocycles. The first-order valence-electron chi connectivity index (χ1n) is 7.20. The lowest BCUT2D eigenvalue weighted by molar-refractivity contribution is -0.119. The average molecular weight is 402 g/mol. The van der Waals surface area contributed by atoms with E-state index in [1.165, 1.54) is 12.1 Å². The number of hydrazine groups is 1. The molecule has 0 aliphatic rings. The van der Waals surface area contributed by atoms with E-state index >= 15 is 0 Å². The zero-order valence-electron chi connectivity index (χ0n) is 12.9. The molecule has 2 aromatic rings. The van der Waals surface area contributed by atoms with E-state index in [2.05, 4.69) is 21.5 Å². The van der Waals surface area contributed by atoms with E-state index in [4.69, 9.17) is 34.8 Å². The van der Waals surface area contributed by atoms with Crippen LogP contribution >= 0.6 is 34.8 Å². The van der Waals surface area contributed by atoms with Crippen LogP contribution in [0.5, 0.6) is 0 Å². The number of anilines is 1. The molecule has 0 saturated carbocycles. The second-order valence-corrected chi connectivity index (χ2v) is 6.19. The summed E-state index contributed by atoms with van der Waals surface area (Å²) < 4.78 is 0. The van der Waals surface area contributed by atoms with Gasteiger partial charge in [0.15, 0.2) is 0 Å². The Morgan fingerprint density at radius 1 is 0.920 bits per heavy atom. The Morgan fingerprint density at radius 3 is 2.20 bits per heavy atom. The van der Waals surface area contributed by atoms with E-state index in [1.807, 2.05) is 30.3 Å². The maximum Gasteiger partial charge on any atom is 0.315 e. The van der Waals surface area contributed by atoms with Crippen molar-refractivity contribution in [1.82, 2.24) is 16.1 Å². The molecular formula is C16H15Cl3N4O2.